The predicted octanol–water partition coefficient (Wildman–Crippen LogP) is 3.72. The maximum absolute atomic E-state index is 5.67. The zero-order valence-corrected chi connectivity index (χ0v) is 22.1. The van der Waals surface area contributed by atoms with E-state index in [9.17, 15) is 0 Å². The molecule has 3 rings (SSSR count). The van der Waals surface area contributed by atoms with Gasteiger partial charge >= 0.3 is 0 Å². The number of aryl methyl sites for hydroxylation is 1. The van der Waals surface area contributed by atoms with Gasteiger partial charge in [-0.25, -0.2) is 4.98 Å². The van der Waals surface area contributed by atoms with Gasteiger partial charge in [0.05, 0.1) is 25.5 Å². The molecule has 0 saturated carbocycles. The first-order valence-corrected chi connectivity index (χ1v) is 11.4. The molecule has 1 unspecified atom stereocenters. The third-order valence-electron chi connectivity index (χ3n) is 5.59. The predicted molar refractivity (Wildman–Crippen MR) is 141 cm³/mol. The lowest BCUT2D eigenvalue weighted by atomic mass is 10.0. The van der Waals surface area contributed by atoms with E-state index in [4.69, 9.17) is 14.1 Å². The zero-order valence-electron chi connectivity index (χ0n) is 19.8. The quantitative estimate of drug-likeness (QED) is 0.279. The molecular formula is C24H38IN5O2. The van der Waals surface area contributed by atoms with Crippen molar-refractivity contribution in [3.05, 3.63) is 41.8 Å². The van der Waals surface area contributed by atoms with Gasteiger partial charge in [0.1, 0.15) is 6.26 Å². The molecular weight excluding hydrogens is 517 g/mol. The molecule has 1 aromatic heterocycles. The van der Waals surface area contributed by atoms with E-state index < -0.39 is 0 Å². The highest BCUT2D eigenvalue weighted by molar-refractivity contribution is 14.0. The number of benzene rings is 1. The third-order valence-corrected chi connectivity index (χ3v) is 5.59. The van der Waals surface area contributed by atoms with Gasteiger partial charge in [0.25, 0.3) is 0 Å². The first-order chi connectivity index (χ1) is 15.1. The first kappa shape index (κ1) is 26.6. The highest BCUT2D eigenvalue weighted by Crippen LogP contribution is 2.19. The Kier molecular flexibility index (Phi) is 11.5. The van der Waals surface area contributed by atoms with Crippen LogP contribution < -0.4 is 10.6 Å². The minimum atomic E-state index is 0. The minimum Gasteiger partial charge on any atom is -0.444 e. The number of nitrogens with zero attached hydrogens (tertiary/aromatic N) is 3. The van der Waals surface area contributed by atoms with Crippen molar-refractivity contribution < 1.29 is 9.15 Å². The molecule has 1 saturated heterocycles. The molecule has 0 spiro atoms. The van der Waals surface area contributed by atoms with Crippen LogP contribution in [0.1, 0.15) is 32.0 Å². The summed E-state index contributed by atoms with van der Waals surface area (Å²) in [5.74, 6) is 2.06. The molecule has 2 N–H and O–H groups in total. The Morgan fingerprint density at radius 3 is 2.53 bits per heavy atom. The van der Waals surface area contributed by atoms with Crippen molar-refractivity contribution in [2.24, 2.45) is 10.9 Å². The van der Waals surface area contributed by atoms with Crippen LogP contribution in [-0.4, -0.2) is 67.8 Å². The average Bonchev–Trinajstić information content (AvgIpc) is 3.24. The van der Waals surface area contributed by atoms with Crippen molar-refractivity contribution >= 4 is 29.9 Å². The van der Waals surface area contributed by atoms with Crippen LogP contribution in [-0.2, 0) is 11.2 Å². The fourth-order valence-electron chi connectivity index (χ4n) is 3.74. The third kappa shape index (κ3) is 8.04. The number of oxazole rings is 1. The summed E-state index contributed by atoms with van der Waals surface area (Å²) in [5, 5.41) is 6.79. The molecule has 7 nitrogen and oxygen atoms in total. The maximum Gasteiger partial charge on any atom is 0.226 e. The van der Waals surface area contributed by atoms with Gasteiger partial charge in [-0.2, -0.15) is 0 Å². The SMILES string of the molecule is CCNC(=NCC(C(C)C)N1CCOCC1)NCCc1coc(-c2ccc(C)cc2)n1.I. The van der Waals surface area contributed by atoms with Gasteiger partial charge in [-0.05, 0) is 31.9 Å². The molecule has 178 valence electrons. The molecule has 0 amide bonds. The van der Waals surface area contributed by atoms with Gasteiger partial charge in [0.15, 0.2) is 5.96 Å². The lowest BCUT2D eigenvalue weighted by molar-refractivity contribution is 0.00867. The second kappa shape index (κ2) is 13.8. The van der Waals surface area contributed by atoms with E-state index in [0.29, 0.717) is 17.9 Å². The average molecular weight is 556 g/mol. The van der Waals surface area contributed by atoms with Gasteiger partial charge < -0.3 is 19.8 Å². The number of aromatic nitrogens is 1. The molecule has 1 aromatic carbocycles. The fraction of sp³-hybridized carbons (Fsp3) is 0.583. The summed E-state index contributed by atoms with van der Waals surface area (Å²) >= 11 is 0. The summed E-state index contributed by atoms with van der Waals surface area (Å²) in [6, 6.07) is 8.65. The van der Waals surface area contributed by atoms with Crippen molar-refractivity contribution in [2.45, 2.75) is 40.2 Å². The Morgan fingerprint density at radius 1 is 1.16 bits per heavy atom. The molecule has 1 aliphatic rings. The Labute approximate surface area is 209 Å². The molecule has 1 atom stereocenters. The maximum atomic E-state index is 5.67. The highest BCUT2D eigenvalue weighted by Gasteiger charge is 2.23. The van der Waals surface area contributed by atoms with Crippen molar-refractivity contribution in [1.82, 2.24) is 20.5 Å². The van der Waals surface area contributed by atoms with Crippen LogP contribution in [0.4, 0.5) is 0 Å². The Balaban J connectivity index is 0.00000363. The molecule has 1 fully saturated rings. The molecule has 1 aliphatic heterocycles. The van der Waals surface area contributed by atoms with E-state index in [1.807, 2.05) is 12.1 Å². The van der Waals surface area contributed by atoms with Crippen LogP contribution in [0, 0.1) is 12.8 Å². The highest BCUT2D eigenvalue weighted by atomic mass is 127. The van der Waals surface area contributed by atoms with Crippen LogP contribution in [0.5, 0.6) is 0 Å². The number of hydrogen-bond acceptors (Lipinski definition) is 5. The molecule has 2 aromatic rings. The van der Waals surface area contributed by atoms with Crippen LogP contribution in [0.25, 0.3) is 11.5 Å². The Hall–Kier alpha value is -1.65. The number of aliphatic imine (C=N–C) groups is 1. The number of halogens is 1. The van der Waals surface area contributed by atoms with Crippen LogP contribution in [0.15, 0.2) is 39.9 Å². The number of guanidine groups is 1. The van der Waals surface area contributed by atoms with Gasteiger partial charge in [-0.3, -0.25) is 9.89 Å². The number of morpholine rings is 1. The largest absolute Gasteiger partial charge is 0.444 e. The fourth-order valence-corrected chi connectivity index (χ4v) is 3.74. The second-order valence-electron chi connectivity index (χ2n) is 8.37. The zero-order chi connectivity index (χ0) is 22.1. The van der Waals surface area contributed by atoms with E-state index in [2.05, 4.69) is 60.3 Å². The van der Waals surface area contributed by atoms with E-state index in [0.717, 1.165) is 69.6 Å². The normalized spacial score (nSPS) is 16.0. The van der Waals surface area contributed by atoms with E-state index in [-0.39, 0.29) is 24.0 Å². The van der Waals surface area contributed by atoms with Crippen molar-refractivity contribution in [3.8, 4) is 11.5 Å². The van der Waals surface area contributed by atoms with E-state index in [1.54, 1.807) is 6.26 Å². The number of rotatable bonds is 9. The Bertz CT molecular complexity index is 816. The number of hydrogen-bond donors (Lipinski definition) is 2. The number of nitrogens with one attached hydrogen (secondary N) is 2. The van der Waals surface area contributed by atoms with Gasteiger partial charge in [0, 0.05) is 44.2 Å². The Morgan fingerprint density at radius 2 is 1.88 bits per heavy atom. The molecule has 32 heavy (non-hydrogen) atoms. The van der Waals surface area contributed by atoms with E-state index >= 15 is 0 Å². The number of ether oxygens (including phenoxy) is 1. The lowest BCUT2D eigenvalue weighted by Gasteiger charge is -2.36. The van der Waals surface area contributed by atoms with Crippen LogP contribution in [0.2, 0.25) is 0 Å². The standard InChI is InChI=1S/C24H37N5O2.HI/c1-5-25-24(27-16-22(18(2)3)29-12-14-30-15-13-29)26-11-10-21-17-31-23(28-21)20-8-6-19(4)7-9-20;/h6-9,17-18,22H,5,10-16H2,1-4H3,(H2,25,26,27);1H. The summed E-state index contributed by atoms with van der Waals surface area (Å²) in [7, 11) is 0. The smallest absolute Gasteiger partial charge is 0.226 e. The van der Waals surface area contributed by atoms with Crippen LogP contribution in [0.3, 0.4) is 0 Å². The monoisotopic (exact) mass is 555 g/mol. The topological polar surface area (TPSA) is 74.9 Å². The van der Waals surface area contributed by atoms with Crippen LogP contribution >= 0.6 is 24.0 Å². The minimum absolute atomic E-state index is 0. The van der Waals surface area contributed by atoms with E-state index in [1.165, 1.54) is 5.56 Å². The summed E-state index contributed by atoms with van der Waals surface area (Å²) in [6.45, 7) is 14.6. The summed E-state index contributed by atoms with van der Waals surface area (Å²) in [5.41, 5.74) is 3.16. The molecule has 0 aliphatic carbocycles. The molecule has 8 heteroatoms. The molecule has 2 heterocycles. The second-order valence-corrected chi connectivity index (χ2v) is 8.37. The molecule has 0 bridgehead atoms. The summed E-state index contributed by atoms with van der Waals surface area (Å²) in [6.07, 6.45) is 2.52. The summed E-state index contributed by atoms with van der Waals surface area (Å²) in [4.78, 5) is 12.0. The van der Waals surface area contributed by atoms with Crippen molar-refractivity contribution in [1.29, 1.82) is 0 Å². The summed E-state index contributed by atoms with van der Waals surface area (Å²) < 4.78 is 11.2. The molecule has 0 radical (unpaired) electrons. The van der Waals surface area contributed by atoms with Gasteiger partial charge in [-0.15, -0.1) is 24.0 Å². The lowest BCUT2D eigenvalue weighted by Crippen LogP contribution is -2.48. The van der Waals surface area contributed by atoms with Crippen molar-refractivity contribution in [2.75, 3.05) is 45.9 Å². The van der Waals surface area contributed by atoms with Gasteiger partial charge in [-0.1, -0.05) is 31.5 Å². The van der Waals surface area contributed by atoms with Gasteiger partial charge in [0.2, 0.25) is 5.89 Å². The first-order valence-electron chi connectivity index (χ1n) is 11.4. The van der Waals surface area contributed by atoms with Crippen molar-refractivity contribution in [3.63, 3.8) is 0 Å².